The molecule has 0 spiro atoms. The Balaban J connectivity index is 1.83. The molecule has 0 bridgehead atoms. The van der Waals surface area contributed by atoms with E-state index in [1.54, 1.807) is 6.26 Å². The molecule has 0 aromatic carbocycles. The van der Waals surface area contributed by atoms with E-state index in [-0.39, 0.29) is 0 Å². The lowest BCUT2D eigenvalue weighted by Gasteiger charge is -2.12. The van der Waals surface area contributed by atoms with E-state index < -0.39 is 0 Å². The number of nitrogens with zero attached hydrogens (tertiary/aromatic N) is 2. The second kappa shape index (κ2) is 4.91. The van der Waals surface area contributed by atoms with Crippen LogP contribution in [0.25, 0.3) is 0 Å². The predicted octanol–water partition coefficient (Wildman–Crippen LogP) is 2.88. The highest BCUT2D eigenvalue weighted by Crippen LogP contribution is 2.39. The summed E-state index contributed by atoms with van der Waals surface area (Å²) < 4.78 is 11.0. The molecule has 100 valence electrons. The molecule has 1 fully saturated rings. The van der Waals surface area contributed by atoms with Gasteiger partial charge in [0.2, 0.25) is 5.88 Å². The summed E-state index contributed by atoms with van der Waals surface area (Å²) in [6.45, 7) is 2.35. The smallest absolute Gasteiger partial charge is 0.222 e. The highest BCUT2D eigenvalue weighted by Gasteiger charge is 2.28. The van der Waals surface area contributed by atoms with Crippen LogP contribution in [0.1, 0.15) is 35.9 Å². The zero-order valence-corrected chi connectivity index (χ0v) is 11.1. The molecular formula is C14H17N3O2. The Morgan fingerprint density at radius 2 is 2.26 bits per heavy atom. The molecule has 3 rings (SSSR count). The maximum atomic E-state index is 5.76. The van der Waals surface area contributed by atoms with Crippen molar-refractivity contribution < 1.29 is 9.15 Å². The minimum Gasteiger partial charge on any atom is -0.469 e. The summed E-state index contributed by atoms with van der Waals surface area (Å²) in [6, 6.07) is 3.73. The summed E-state index contributed by atoms with van der Waals surface area (Å²) >= 11 is 0. The SMILES string of the molecule is CNc1nc(C2CC2)nc(OCc2ccco2)c1C. The Labute approximate surface area is 112 Å². The number of hydrogen-bond acceptors (Lipinski definition) is 5. The summed E-state index contributed by atoms with van der Waals surface area (Å²) in [5.41, 5.74) is 0.929. The average molecular weight is 259 g/mol. The van der Waals surface area contributed by atoms with Crippen LogP contribution >= 0.6 is 0 Å². The molecule has 1 N–H and O–H groups in total. The van der Waals surface area contributed by atoms with Crippen molar-refractivity contribution in [3.63, 3.8) is 0 Å². The first-order chi connectivity index (χ1) is 9.28. The highest BCUT2D eigenvalue weighted by atomic mass is 16.5. The van der Waals surface area contributed by atoms with Gasteiger partial charge in [-0.15, -0.1) is 0 Å². The third kappa shape index (κ3) is 2.54. The fraction of sp³-hybridized carbons (Fsp3) is 0.429. The molecule has 5 heteroatoms. The van der Waals surface area contributed by atoms with E-state index in [0.29, 0.717) is 18.4 Å². The largest absolute Gasteiger partial charge is 0.469 e. The van der Waals surface area contributed by atoms with Crippen molar-refractivity contribution >= 4 is 5.82 Å². The van der Waals surface area contributed by atoms with Gasteiger partial charge in [-0.2, -0.15) is 4.98 Å². The van der Waals surface area contributed by atoms with Gasteiger partial charge in [0.15, 0.2) is 0 Å². The quantitative estimate of drug-likeness (QED) is 0.894. The van der Waals surface area contributed by atoms with E-state index in [0.717, 1.165) is 23.0 Å². The molecule has 1 aliphatic carbocycles. The molecule has 0 atom stereocenters. The van der Waals surface area contributed by atoms with Gasteiger partial charge in [0, 0.05) is 13.0 Å². The third-order valence-corrected chi connectivity index (χ3v) is 3.23. The van der Waals surface area contributed by atoms with Crippen LogP contribution in [0.3, 0.4) is 0 Å². The Morgan fingerprint density at radius 1 is 1.42 bits per heavy atom. The summed E-state index contributed by atoms with van der Waals surface area (Å²) in [5.74, 6) is 3.64. The summed E-state index contributed by atoms with van der Waals surface area (Å²) in [6.07, 6.45) is 3.98. The van der Waals surface area contributed by atoms with Gasteiger partial charge in [0.05, 0.1) is 11.8 Å². The average Bonchev–Trinajstić information content (AvgIpc) is 3.14. The van der Waals surface area contributed by atoms with Gasteiger partial charge < -0.3 is 14.5 Å². The minimum atomic E-state index is 0.387. The topological polar surface area (TPSA) is 60.2 Å². The number of hydrogen-bond donors (Lipinski definition) is 1. The lowest BCUT2D eigenvalue weighted by molar-refractivity contribution is 0.257. The van der Waals surface area contributed by atoms with E-state index in [1.807, 2.05) is 26.1 Å². The first-order valence-corrected chi connectivity index (χ1v) is 6.49. The second-order valence-electron chi connectivity index (χ2n) is 4.75. The van der Waals surface area contributed by atoms with E-state index in [1.165, 1.54) is 12.8 Å². The monoisotopic (exact) mass is 259 g/mol. The van der Waals surface area contributed by atoms with Gasteiger partial charge in [-0.25, -0.2) is 4.98 Å². The first kappa shape index (κ1) is 12.0. The van der Waals surface area contributed by atoms with Crippen molar-refractivity contribution in [3.8, 4) is 5.88 Å². The van der Waals surface area contributed by atoms with Gasteiger partial charge in [-0.3, -0.25) is 0 Å². The highest BCUT2D eigenvalue weighted by molar-refractivity contribution is 5.48. The number of anilines is 1. The Bertz CT molecular complexity index is 562. The second-order valence-corrected chi connectivity index (χ2v) is 4.75. The van der Waals surface area contributed by atoms with Crippen LogP contribution in [0, 0.1) is 6.92 Å². The molecule has 19 heavy (non-hydrogen) atoms. The molecule has 1 aliphatic rings. The number of ether oxygens (including phenoxy) is 1. The number of rotatable bonds is 5. The lowest BCUT2D eigenvalue weighted by atomic mass is 10.3. The molecule has 2 aromatic heterocycles. The lowest BCUT2D eigenvalue weighted by Crippen LogP contribution is -2.06. The number of furan rings is 1. The van der Waals surface area contributed by atoms with Gasteiger partial charge >= 0.3 is 0 Å². The number of aromatic nitrogens is 2. The standard InChI is InChI=1S/C14H17N3O2/c1-9-12(15-2)16-13(10-5-6-10)17-14(9)19-8-11-4-3-7-18-11/h3-4,7,10H,5-6,8H2,1-2H3,(H,15,16,17). The fourth-order valence-electron chi connectivity index (χ4n) is 1.95. The van der Waals surface area contributed by atoms with Crippen molar-refractivity contribution in [2.75, 3.05) is 12.4 Å². The van der Waals surface area contributed by atoms with Gasteiger partial charge in [0.25, 0.3) is 0 Å². The van der Waals surface area contributed by atoms with Crippen LogP contribution in [0.5, 0.6) is 5.88 Å². The van der Waals surface area contributed by atoms with E-state index in [4.69, 9.17) is 9.15 Å². The zero-order valence-electron chi connectivity index (χ0n) is 11.1. The fourth-order valence-corrected chi connectivity index (χ4v) is 1.95. The van der Waals surface area contributed by atoms with Gasteiger partial charge in [-0.05, 0) is 31.9 Å². The molecule has 1 saturated carbocycles. The van der Waals surface area contributed by atoms with Gasteiger partial charge in [0.1, 0.15) is 24.0 Å². The predicted molar refractivity (Wildman–Crippen MR) is 71.3 cm³/mol. The molecule has 0 amide bonds. The van der Waals surface area contributed by atoms with Crippen LogP contribution in [-0.2, 0) is 6.61 Å². The summed E-state index contributed by atoms with van der Waals surface area (Å²) in [4.78, 5) is 9.06. The summed E-state index contributed by atoms with van der Waals surface area (Å²) in [5, 5.41) is 3.10. The van der Waals surface area contributed by atoms with Gasteiger partial charge in [-0.1, -0.05) is 0 Å². The summed E-state index contributed by atoms with van der Waals surface area (Å²) in [7, 11) is 1.86. The van der Waals surface area contributed by atoms with Crippen molar-refractivity contribution in [2.45, 2.75) is 32.3 Å². The Kier molecular flexibility index (Phi) is 3.11. The van der Waals surface area contributed by atoms with Crippen molar-refractivity contribution in [1.29, 1.82) is 0 Å². The molecule has 5 nitrogen and oxygen atoms in total. The van der Waals surface area contributed by atoms with Crippen molar-refractivity contribution in [2.24, 2.45) is 0 Å². The molecule has 0 unspecified atom stereocenters. The van der Waals surface area contributed by atoms with Crippen LogP contribution in [0.15, 0.2) is 22.8 Å². The van der Waals surface area contributed by atoms with Crippen LogP contribution < -0.4 is 10.1 Å². The van der Waals surface area contributed by atoms with Crippen LogP contribution in [-0.4, -0.2) is 17.0 Å². The first-order valence-electron chi connectivity index (χ1n) is 6.49. The molecule has 2 heterocycles. The van der Waals surface area contributed by atoms with Crippen LogP contribution in [0.4, 0.5) is 5.82 Å². The molecular weight excluding hydrogens is 242 g/mol. The third-order valence-electron chi connectivity index (χ3n) is 3.23. The Hall–Kier alpha value is -2.04. The Morgan fingerprint density at radius 3 is 2.89 bits per heavy atom. The van der Waals surface area contributed by atoms with E-state index in [2.05, 4.69) is 15.3 Å². The van der Waals surface area contributed by atoms with Crippen molar-refractivity contribution in [3.05, 3.63) is 35.5 Å². The number of nitrogens with one attached hydrogen (secondary N) is 1. The van der Waals surface area contributed by atoms with E-state index >= 15 is 0 Å². The normalized spacial score (nSPS) is 14.4. The maximum Gasteiger partial charge on any atom is 0.222 e. The molecule has 2 aromatic rings. The molecule has 0 radical (unpaired) electrons. The molecule has 0 aliphatic heterocycles. The maximum absolute atomic E-state index is 5.76. The van der Waals surface area contributed by atoms with E-state index in [9.17, 15) is 0 Å². The minimum absolute atomic E-state index is 0.387. The zero-order chi connectivity index (χ0) is 13.2. The van der Waals surface area contributed by atoms with Crippen LogP contribution in [0.2, 0.25) is 0 Å². The molecule has 0 saturated heterocycles. The van der Waals surface area contributed by atoms with Crippen molar-refractivity contribution in [1.82, 2.24) is 9.97 Å².